The van der Waals surface area contributed by atoms with Crippen molar-refractivity contribution in [1.29, 1.82) is 0 Å². The lowest BCUT2D eigenvalue weighted by Crippen LogP contribution is -2.47. The van der Waals surface area contributed by atoms with Crippen molar-refractivity contribution in [3.8, 4) is 0 Å². The lowest BCUT2D eigenvalue weighted by atomic mass is 10.00. The van der Waals surface area contributed by atoms with E-state index < -0.39 is 10.2 Å². The first-order chi connectivity index (χ1) is 9.53. The maximum absolute atomic E-state index is 12.3. The monoisotopic (exact) mass is 381 g/mol. The first kappa shape index (κ1) is 16.4. The second-order valence-electron chi connectivity index (χ2n) is 4.94. The maximum Gasteiger partial charge on any atom is 0.279 e. The standard InChI is InChI=1S/C12H20BrN3O2S2/c1-14-7-10-3-2-5-16(9-10)20(17,18)15-8-12-11(13)4-6-19-12/h4,6,10,14-15H,2-3,5,7-9H2,1H3. The average molecular weight is 382 g/mol. The van der Waals surface area contributed by atoms with E-state index in [0.29, 0.717) is 25.6 Å². The van der Waals surface area contributed by atoms with Gasteiger partial charge in [-0.3, -0.25) is 0 Å². The molecule has 8 heteroatoms. The molecular weight excluding hydrogens is 362 g/mol. The number of nitrogens with zero attached hydrogens (tertiary/aromatic N) is 1. The Hall–Kier alpha value is 0.01000. The van der Waals surface area contributed by atoms with Crippen LogP contribution < -0.4 is 10.0 Å². The van der Waals surface area contributed by atoms with Crippen LogP contribution in [0.3, 0.4) is 0 Å². The molecule has 2 rings (SSSR count). The average Bonchev–Trinajstić information content (AvgIpc) is 2.83. The molecule has 1 saturated heterocycles. The molecule has 1 unspecified atom stereocenters. The Kier molecular flexibility index (Phi) is 6.00. The fourth-order valence-corrected chi connectivity index (χ4v) is 5.21. The molecule has 1 aromatic rings. The van der Waals surface area contributed by atoms with E-state index in [0.717, 1.165) is 28.7 Å². The van der Waals surface area contributed by atoms with Crippen molar-refractivity contribution in [2.24, 2.45) is 5.92 Å². The molecule has 0 aromatic carbocycles. The van der Waals surface area contributed by atoms with Gasteiger partial charge in [0, 0.05) is 29.0 Å². The number of hydrogen-bond acceptors (Lipinski definition) is 4. The van der Waals surface area contributed by atoms with Crippen molar-refractivity contribution in [2.75, 3.05) is 26.7 Å². The van der Waals surface area contributed by atoms with Crippen molar-refractivity contribution in [3.05, 3.63) is 20.8 Å². The number of rotatable bonds is 6. The Morgan fingerprint density at radius 3 is 3.00 bits per heavy atom. The molecule has 5 nitrogen and oxygen atoms in total. The first-order valence-electron chi connectivity index (χ1n) is 6.64. The lowest BCUT2D eigenvalue weighted by molar-refractivity contribution is 0.261. The summed E-state index contributed by atoms with van der Waals surface area (Å²) in [6, 6.07) is 1.93. The van der Waals surface area contributed by atoms with E-state index in [1.165, 1.54) is 0 Å². The number of nitrogens with one attached hydrogen (secondary N) is 2. The SMILES string of the molecule is CNCC1CCCN(S(=O)(=O)NCc2sccc2Br)C1. The number of halogens is 1. The summed E-state index contributed by atoms with van der Waals surface area (Å²) in [5, 5.41) is 5.07. The largest absolute Gasteiger partial charge is 0.319 e. The lowest BCUT2D eigenvalue weighted by Gasteiger charge is -2.31. The molecule has 0 radical (unpaired) electrons. The summed E-state index contributed by atoms with van der Waals surface area (Å²) in [6.07, 6.45) is 2.01. The summed E-state index contributed by atoms with van der Waals surface area (Å²) in [7, 11) is -1.48. The van der Waals surface area contributed by atoms with Crippen molar-refractivity contribution in [3.63, 3.8) is 0 Å². The highest BCUT2D eigenvalue weighted by Crippen LogP contribution is 2.23. The van der Waals surface area contributed by atoms with Crippen LogP contribution in [0.25, 0.3) is 0 Å². The van der Waals surface area contributed by atoms with E-state index in [1.54, 1.807) is 15.6 Å². The summed E-state index contributed by atoms with van der Waals surface area (Å²) in [5.74, 6) is 0.402. The Bertz CT molecular complexity index is 531. The normalized spacial score (nSPS) is 21.2. The Balaban J connectivity index is 1.94. The molecule has 1 aliphatic rings. The van der Waals surface area contributed by atoms with Crippen molar-refractivity contribution in [2.45, 2.75) is 19.4 Å². The minimum Gasteiger partial charge on any atom is -0.319 e. The summed E-state index contributed by atoms with van der Waals surface area (Å²) >= 11 is 4.96. The van der Waals surface area contributed by atoms with Crippen LogP contribution in [0.2, 0.25) is 0 Å². The van der Waals surface area contributed by atoms with Gasteiger partial charge in [0.05, 0.1) is 0 Å². The molecule has 2 N–H and O–H groups in total. The van der Waals surface area contributed by atoms with Crippen LogP contribution in [0.4, 0.5) is 0 Å². The Labute approximate surface area is 133 Å². The second-order valence-corrected chi connectivity index (χ2v) is 8.55. The Morgan fingerprint density at radius 1 is 1.55 bits per heavy atom. The van der Waals surface area contributed by atoms with Gasteiger partial charge in [-0.2, -0.15) is 17.4 Å². The minimum atomic E-state index is -3.39. The number of thiophene rings is 1. The highest BCUT2D eigenvalue weighted by molar-refractivity contribution is 9.10. The van der Waals surface area contributed by atoms with Gasteiger partial charge in [0.15, 0.2) is 0 Å². The van der Waals surface area contributed by atoms with E-state index in [4.69, 9.17) is 0 Å². The summed E-state index contributed by atoms with van der Waals surface area (Å²) in [5.41, 5.74) is 0. The van der Waals surface area contributed by atoms with Gasteiger partial charge in [-0.05, 0) is 59.7 Å². The van der Waals surface area contributed by atoms with Crippen molar-refractivity contribution >= 4 is 37.5 Å². The first-order valence-corrected chi connectivity index (χ1v) is 9.75. The van der Waals surface area contributed by atoms with Crippen LogP contribution in [-0.4, -0.2) is 39.4 Å². The van der Waals surface area contributed by atoms with Crippen LogP contribution in [0, 0.1) is 5.92 Å². The highest BCUT2D eigenvalue weighted by atomic mass is 79.9. The van der Waals surface area contributed by atoms with Gasteiger partial charge in [-0.1, -0.05) is 0 Å². The zero-order chi connectivity index (χ0) is 14.6. The quantitative estimate of drug-likeness (QED) is 0.789. The van der Waals surface area contributed by atoms with Crippen LogP contribution in [0.5, 0.6) is 0 Å². The topological polar surface area (TPSA) is 61.4 Å². The van der Waals surface area contributed by atoms with Crippen LogP contribution in [0.15, 0.2) is 15.9 Å². The Morgan fingerprint density at radius 2 is 2.35 bits per heavy atom. The number of hydrogen-bond donors (Lipinski definition) is 2. The molecule has 1 atom stereocenters. The molecular formula is C12H20BrN3O2S2. The van der Waals surface area contributed by atoms with E-state index in [2.05, 4.69) is 26.0 Å². The van der Waals surface area contributed by atoms with Gasteiger partial charge in [-0.25, -0.2) is 0 Å². The minimum absolute atomic E-state index is 0.341. The second kappa shape index (κ2) is 7.33. The molecule has 0 saturated carbocycles. The summed E-state index contributed by atoms with van der Waals surface area (Å²) in [4.78, 5) is 0.998. The third kappa shape index (κ3) is 4.25. The third-order valence-corrected chi connectivity index (χ3v) is 6.87. The molecule has 0 spiro atoms. The molecule has 1 aliphatic heterocycles. The number of piperidine rings is 1. The maximum atomic E-state index is 12.3. The predicted molar refractivity (Wildman–Crippen MR) is 86.0 cm³/mol. The molecule has 0 bridgehead atoms. The van der Waals surface area contributed by atoms with Gasteiger partial charge in [0.25, 0.3) is 10.2 Å². The molecule has 114 valence electrons. The highest BCUT2D eigenvalue weighted by Gasteiger charge is 2.28. The fraction of sp³-hybridized carbons (Fsp3) is 0.667. The zero-order valence-electron chi connectivity index (χ0n) is 11.4. The summed E-state index contributed by atoms with van der Waals surface area (Å²) < 4.78 is 29.9. The van der Waals surface area contributed by atoms with Crippen molar-refractivity contribution < 1.29 is 8.42 Å². The third-order valence-electron chi connectivity index (χ3n) is 3.42. The molecule has 20 heavy (non-hydrogen) atoms. The van der Waals surface area contributed by atoms with Gasteiger partial charge < -0.3 is 5.32 Å². The van der Waals surface area contributed by atoms with Crippen LogP contribution in [0.1, 0.15) is 17.7 Å². The van der Waals surface area contributed by atoms with Gasteiger partial charge in [0.1, 0.15) is 0 Å². The van der Waals surface area contributed by atoms with E-state index in [1.807, 2.05) is 18.5 Å². The smallest absolute Gasteiger partial charge is 0.279 e. The van der Waals surface area contributed by atoms with E-state index in [-0.39, 0.29) is 0 Å². The summed E-state index contributed by atoms with van der Waals surface area (Å²) in [6.45, 7) is 2.42. The van der Waals surface area contributed by atoms with Gasteiger partial charge >= 0.3 is 0 Å². The molecule has 2 heterocycles. The van der Waals surface area contributed by atoms with E-state index in [9.17, 15) is 8.42 Å². The van der Waals surface area contributed by atoms with Crippen LogP contribution in [-0.2, 0) is 16.8 Å². The predicted octanol–water partition coefficient (Wildman–Crippen LogP) is 1.78. The van der Waals surface area contributed by atoms with E-state index >= 15 is 0 Å². The molecule has 0 aliphatic carbocycles. The molecule has 1 aromatic heterocycles. The van der Waals surface area contributed by atoms with Crippen molar-refractivity contribution in [1.82, 2.24) is 14.3 Å². The zero-order valence-corrected chi connectivity index (χ0v) is 14.7. The molecule has 1 fully saturated rings. The van der Waals surface area contributed by atoms with Gasteiger partial charge in [0.2, 0.25) is 0 Å². The van der Waals surface area contributed by atoms with Crippen LogP contribution >= 0.6 is 27.3 Å². The fourth-order valence-electron chi connectivity index (χ4n) is 2.40. The van der Waals surface area contributed by atoms with Gasteiger partial charge in [-0.15, -0.1) is 11.3 Å². The molecule has 0 amide bonds.